The Hall–Kier alpha value is -4.48. The Morgan fingerprint density at radius 2 is 1.40 bits per heavy atom. The van der Waals surface area contributed by atoms with Crippen LogP contribution in [0.1, 0.15) is 69.2 Å². The Morgan fingerprint density at radius 3 is 2.02 bits per heavy atom. The van der Waals surface area contributed by atoms with Crippen molar-refractivity contribution in [3.05, 3.63) is 107 Å². The normalized spacial score (nSPS) is 16.1. The summed E-state index contributed by atoms with van der Waals surface area (Å²) in [7, 11) is 0. The van der Waals surface area contributed by atoms with Crippen molar-refractivity contribution in [2.45, 2.75) is 70.1 Å². The van der Waals surface area contributed by atoms with Crippen molar-refractivity contribution in [1.29, 1.82) is 0 Å². The van der Waals surface area contributed by atoms with Gasteiger partial charge in [0.1, 0.15) is 0 Å². The molecule has 6 nitrogen and oxygen atoms in total. The standard InChI is InChI=1S/C35H38F6N2O4/c1-32(2,25-21-23(34(36,37)38)12-14-27(25)42-19-16-30(44)45)18-10-8-6-5-7-9-11-29-33(3,4)26-22-24(35(39,40)41)13-15-28(26)43(29)20-17-31(46)47/h5-15,21-22,42H,16-20H2,1-4H3,(H,44,45)(H,46,47)/b6-5+,9-7+,10-8+,29-11+. The zero-order valence-electron chi connectivity index (χ0n) is 26.5. The van der Waals surface area contributed by atoms with E-state index < -0.39 is 46.2 Å². The summed E-state index contributed by atoms with van der Waals surface area (Å²) in [5.41, 5.74) is -0.736. The molecule has 12 heteroatoms. The number of carboxylic acids is 2. The lowest BCUT2D eigenvalue weighted by Crippen LogP contribution is -2.28. The first-order valence-corrected chi connectivity index (χ1v) is 14.8. The summed E-state index contributed by atoms with van der Waals surface area (Å²) >= 11 is 0. The van der Waals surface area contributed by atoms with Gasteiger partial charge in [-0.3, -0.25) is 9.59 Å². The minimum Gasteiger partial charge on any atom is -0.481 e. The maximum atomic E-state index is 13.5. The molecule has 0 unspecified atom stereocenters. The molecule has 0 amide bonds. The van der Waals surface area contributed by atoms with E-state index in [1.165, 1.54) is 12.1 Å². The van der Waals surface area contributed by atoms with Crippen LogP contribution in [0.15, 0.2) is 84.6 Å². The van der Waals surface area contributed by atoms with Crippen LogP contribution in [0.25, 0.3) is 0 Å². The molecule has 0 saturated heterocycles. The molecule has 2 aromatic carbocycles. The summed E-state index contributed by atoms with van der Waals surface area (Å²) in [5, 5.41) is 21.1. The van der Waals surface area contributed by atoms with E-state index in [-0.39, 0.29) is 25.9 Å². The largest absolute Gasteiger partial charge is 0.481 e. The van der Waals surface area contributed by atoms with E-state index in [9.17, 15) is 41.0 Å². The minimum atomic E-state index is -4.54. The zero-order valence-corrected chi connectivity index (χ0v) is 26.5. The molecule has 0 spiro atoms. The Bertz CT molecular complexity index is 1580. The van der Waals surface area contributed by atoms with E-state index >= 15 is 0 Å². The molecule has 1 aliphatic rings. The number of nitrogens with one attached hydrogen (secondary N) is 1. The molecular weight excluding hydrogens is 626 g/mol. The molecule has 254 valence electrons. The smallest absolute Gasteiger partial charge is 0.416 e. The van der Waals surface area contributed by atoms with Crippen LogP contribution in [0.2, 0.25) is 0 Å². The molecule has 1 aliphatic heterocycles. The number of carbonyl (C=O) groups is 2. The van der Waals surface area contributed by atoms with Gasteiger partial charge in [-0.05, 0) is 65.4 Å². The summed E-state index contributed by atoms with van der Waals surface area (Å²) in [6, 6.07) is 6.81. The fourth-order valence-electron chi connectivity index (χ4n) is 5.43. The van der Waals surface area contributed by atoms with E-state index in [1.807, 2.05) is 0 Å². The van der Waals surface area contributed by atoms with Gasteiger partial charge in [0, 0.05) is 35.6 Å². The van der Waals surface area contributed by atoms with E-state index in [0.29, 0.717) is 34.6 Å². The lowest BCUT2D eigenvalue weighted by molar-refractivity contribution is -0.138. The predicted molar refractivity (Wildman–Crippen MR) is 169 cm³/mol. The summed E-state index contributed by atoms with van der Waals surface area (Å²) < 4.78 is 80.7. The van der Waals surface area contributed by atoms with E-state index in [1.54, 1.807) is 75.1 Å². The monoisotopic (exact) mass is 664 g/mol. The topological polar surface area (TPSA) is 89.9 Å². The Kier molecular flexibility index (Phi) is 11.4. The van der Waals surface area contributed by atoms with Gasteiger partial charge in [-0.2, -0.15) is 26.3 Å². The second-order valence-corrected chi connectivity index (χ2v) is 12.3. The number of allylic oxidation sites excluding steroid dienone is 8. The van der Waals surface area contributed by atoms with Crippen molar-refractivity contribution in [3.63, 3.8) is 0 Å². The average Bonchev–Trinajstić information content (AvgIpc) is 3.17. The third-order valence-corrected chi connectivity index (χ3v) is 7.96. The molecule has 1 heterocycles. The third-order valence-electron chi connectivity index (χ3n) is 7.96. The quantitative estimate of drug-likeness (QED) is 0.146. The van der Waals surface area contributed by atoms with Crippen LogP contribution < -0.4 is 10.2 Å². The number of hydrogen-bond donors (Lipinski definition) is 3. The van der Waals surface area contributed by atoms with Crippen molar-refractivity contribution in [3.8, 4) is 0 Å². The van der Waals surface area contributed by atoms with Gasteiger partial charge in [0.2, 0.25) is 0 Å². The maximum absolute atomic E-state index is 13.5. The van der Waals surface area contributed by atoms with Crippen LogP contribution in [0.4, 0.5) is 37.7 Å². The van der Waals surface area contributed by atoms with Crippen molar-refractivity contribution in [2.24, 2.45) is 0 Å². The molecular formula is C35H38F6N2O4. The number of aliphatic carboxylic acids is 2. The summed E-state index contributed by atoms with van der Waals surface area (Å²) in [4.78, 5) is 23.9. The van der Waals surface area contributed by atoms with Gasteiger partial charge in [0.05, 0.1) is 24.0 Å². The van der Waals surface area contributed by atoms with Gasteiger partial charge in [0.25, 0.3) is 0 Å². The van der Waals surface area contributed by atoms with Gasteiger partial charge in [-0.1, -0.05) is 64.2 Å². The maximum Gasteiger partial charge on any atom is 0.416 e. The molecule has 0 atom stereocenters. The van der Waals surface area contributed by atoms with Crippen LogP contribution in [-0.4, -0.2) is 35.2 Å². The molecule has 47 heavy (non-hydrogen) atoms. The molecule has 0 radical (unpaired) electrons. The van der Waals surface area contributed by atoms with Crippen LogP contribution >= 0.6 is 0 Å². The molecule has 0 saturated carbocycles. The van der Waals surface area contributed by atoms with Gasteiger partial charge in [-0.15, -0.1) is 0 Å². The Labute approximate surface area is 269 Å². The number of benzene rings is 2. The van der Waals surface area contributed by atoms with Crippen LogP contribution in [0.5, 0.6) is 0 Å². The predicted octanol–water partition coefficient (Wildman–Crippen LogP) is 9.10. The van der Waals surface area contributed by atoms with E-state index in [0.717, 1.165) is 24.3 Å². The molecule has 3 rings (SSSR count). The van der Waals surface area contributed by atoms with Gasteiger partial charge in [-0.25, -0.2) is 0 Å². The first kappa shape index (κ1) is 37.0. The number of halogens is 6. The van der Waals surface area contributed by atoms with Crippen molar-refractivity contribution >= 4 is 23.3 Å². The number of nitrogens with zero attached hydrogens (tertiary/aromatic N) is 1. The molecule has 0 fully saturated rings. The summed E-state index contributed by atoms with van der Waals surface area (Å²) in [6.07, 6.45) is 3.00. The number of hydrogen-bond acceptors (Lipinski definition) is 4. The van der Waals surface area contributed by atoms with Crippen LogP contribution in [0.3, 0.4) is 0 Å². The van der Waals surface area contributed by atoms with Crippen molar-refractivity contribution in [2.75, 3.05) is 23.3 Å². The minimum absolute atomic E-state index is 0.0556. The SMILES string of the molecule is CC(C)(C/C=C/C=C/C=C/C=C1/N(CCC(=O)O)c2ccc(C(F)(F)F)cc2C1(C)C)c1cc(C(F)(F)F)ccc1NCCC(=O)O. The number of carboxylic acid groups (broad SMARTS) is 2. The van der Waals surface area contributed by atoms with Crippen LogP contribution in [-0.2, 0) is 32.8 Å². The van der Waals surface area contributed by atoms with Crippen molar-refractivity contribution < 1.29 is 46.1 Å². The first-order chi connectivity index (χ1) is 21.7. The molecule has 0 aromatic heterocycles. The third kappa shape index (κ3) is 9.52. The lowest BCUT2D eigenvalue weighted by Gasteiger charge is -2.28. The Balaban J connectivity index is 1.77. The fraction of sp³-hybridized carbons (Fsp3) is 0.371. The number of rotatable bonds is 13. The summed E-state index contributed by atoms with van der Waals surface area (Å²) in [5.74, 6) is -2.06. The van der Waals surface area contributed by atoms with Gasteiger partial charge >= 0.3 is 24.3 Å². The fourth-order valence-corrected chi connectivity index (χ4v) is 5.43. The van der Waals surface area contributed by atoms with Gasteiger partial charge < -0.3 is 20.4 Å². The molecule has 2 aromatic rings. The highest BCUT2D eigenvalue weighted by Crippen LogP contribution is 2.49. The van der Waals surface area contributed by atoms with Gasteiger partial charge in [0.15, 0.2) is 0 Å². The molecule has 0 aliphatic carbocycles. The molecule has 3 N–H and O–H groups in total. The van der Waals surface area contributed by atoms with E-state index in [4.69, 9.17) is 5.11 Å². The van der Waals surface area contributed by atoms with E-state index in [2.05, 4.69) is 5.32 Å². The lowest BCUT2D eigenvalue weighted by atomic mass is 9.79. The zero-order chi connectivity index (χ0) is 35.2. The Morgan fingerprint density at radius 1 is 0.830 bits per heavy atom. The first-order valence-electron chi connectivity index (χ1n) is 14.8. The number of fused-ring (bicyclic) bond motifs is 1. The highest BCUT2D eigenvalue weighted by molar-refractivity contribution is 5.74. The van der Waals surface area contributed by atoms with Crippen molar-refractivity contribution in [1.82, 2.24) is 0 Å². The summed E-state index contributed by atoms with van der Waals surface area (Å²) in [6.45, 7) is 7.28. The highest BCUT2D eigenvalue weighted by atomic mass is 19.4. The number of anilines is 2. The van der Waals surface area contributed by atoms with Crippen LogP contribution in [0, 0.1) is 0 Å². The number of alkyl halides is 6. The second kappa shape index (κ2) is 14.5. The second-order valence-electron chi connectivity index (χ2n) is 12.3. The molecule has 0 bridgehead atoms. The average molecular weight is 665 g/mol. The highest BCUT2D eigenvalue weighted by Gasteiger charge is 2.42.